The number of aromatic nitrogens is 2. The molecule has 0 aliphatic carbocycles. The lowest BCUT2D eigenvalue weighted by atomic mass is 10.3. The Hall–Kier alpha value is -2.21. The molecule has 6 heteroatoms. The third-order valence-electron chi connectivity index (χ3n) is 3.04. The summed E-state index contributed by atoms with van der Waals surface area (Å²) < 4.78 is 14.5. The predicted octanol–water partition coefficient (Wildman–Crippen LogP) is 1.82. The Kier molecular flexibility index (Phi) is 4.70. The first kappa shape index (κ1) is 15.2. The van der Waals surface area contributed by atoms with E-state index >= 15 is 0 Å². The van der Waals surface area contributed by atoms with E-state index in [9.17, 15) is 9.18 Å². The summed E-state index contributed by atoms with van der Waals surface area (Å²) in [6, 6.07) is 7.56. The van der Waals surface area contributed by atoms with Crippen LogP contribution in [-0.2, 0) is 0 Å². The molecule has 1 aromatic carbocycles. The van der Waals surface area contributed by atoms with Crippen molar-refractivity contribution in [3.63, 3.8) is 0 Å². The average molecular weight is 291 g/mol. The molecule has 1 amide bonds. The summed E-state index contributed by atoms with van der Waals surface area (Å²) in [7, 11) is 0. The highest BCUT2D eigenvalue weighted by Gasteiger charge is 2.13. The normalized spacial score (nSPS) is 12.2. The minimum absolute atomic E-state index is 0.292. The molecule has 0 aliphatic heterocycles. The molecule has 112 valence electrons. The minimum Gasteiger partial charge on any atom is -0.393 e. The maximum absolute atomic E-state index is 12.9. The SMILES string of the molecule is Cc1cc(C(=O)NCCC(C)O)nn1-c1ccc(F)cc1. The van der Waals surface area contributed by atoms with Crippen molar-refractivity contribution in [2.75, 3.05) is 6.54 Å². The van der Waals surface area contributed by atoms with Gasteiger partial charge in [0, 0.05) is 12.2 Å². The number of carbonyl (C=O) groups excluding carboxylic acids is 1. The van der Waals surface area contributed by atoms with Crippen LogP contribution in [0.4, 0.5) is 4.39 Å². The molecule has 0 spiro atoms. The van der Waals surface area contributed by atoms with Gasteiger partial charge in [0.25, 0.3) is 5.91 Å². The molecule has 1 atom stereocenters. The maximum atomic E-state index is 12.9. The molecule has 1 heterocycles. The van der Waals surface area contributed by atoms with Crippen LogP contribution in [0, 0.1) is 12.7 Å². The summed E-state index contributed by atoms with van der Waals surface area (Å²) in [4.78, 5) is 11.9. The zero-order valence-corrected chi connectivity index (χ0v) is 12.0. The topological polar surface area (TPSA) is 67.2 Å². The van der Waals surface area contributed by atoms with E-state index in [4.69, 9.17) is 5.11 Å². The molecule has 0 saturated heterocycles. The number of aliphatic hydroxyl groups excluding tert-OH is 1. The largest absolute Gasteiger partial charge is 0.393 e. The number of aryl methyl sites for hydroxylation is 1. The van der Waals surface area contributed by atoms with E-state index in [2.05, 4.69) is 10.4 Å². The van der Waals surface area contributed by atoms with Crippen molar-refractivity contribution in [2.45, 2.75) is 26.4 Å². The smallest absolute Gasteiger partial charge is 0.271 e. The highest BCUT2D eigenvalue weighted by molar-refractivity contribution is 5.92. The van der Waals surface area contributed by atoms with E-state index in [1.54, 1.807) is 29.8 Å². The van der Waals surface area contributed by atoms with Gasteiger partial charge in [0.2, 0.25) is 0 Å². The lowest BCUT2D eigenvalue weighted by Crippen LogP contribution is -2.27. The van der Waals surface area contributed by atoms with Crippen molar-refractivity contribution in [2.24, 2.45) is 0 Å². The first-order valence-corrected chi connectivity index (χ1v) is 6.76. The Labute approximate surface area is 122 Å². The third kappa shape index (κ3) is 3.88. The van der Waals surface area contributed by atoms with Crippen molar-refractivity contribution in [3.05, 3.63) is 47.5 Å². The fraction of sp³-hybridized carbons (Fsp3) is 0.333. The Balaban J connectivity index is 2.11. The molecule has 1 aromatic heterocycles. The van der Waals surface area contributed by atoms with Crippen molar-refractivity contribution >= 4 is 5.91 Å². The third-order valence-corrected chi connectivity index (χ3v) is 3.04. The van der Waals surface area contributed by atoms with Gasteiger partial charge in [-0.2, -0.15) is 5.10 Å². The number of halogens is 1. The molecule has 2 aromatic rings. The molecule has 0 saturated carbocycles. The first-order valence-electron chi connectivity index (χ1n) is 6.76. The summed E-state index contributed by atoms with van der Waals surface area (Å²) in [5, 5.41) is 16.1. The van der Waals surface area contributed by atoms with E-state index in [-0.39, 0.29) is 11.7 Å². The predicted molar refractivity (Wildman–Crippen MR) is 76.9 cm³/mol. The summed E-state index contributed by atoms with van der Waals surface area (Å²) in [6.45, 7) is 3.88. The lowest BCUT2D eigenvalue weighted by molar-refractivity contribution is 0.0940. The molecule has 21 heavy (non-hydrogen) atoms. The standard InChI is InChI=1S/C15H18FN3O2/c1-10-9-14(15(21)17-8-7-11(2)20)18-19(10)13-5-3-12(16)4-6-13/h3-6,9,11,20H,7-8H2,1-2H3,(H,17,21). The summed E-state index contributed by atoms with van der Waals surface area (Å²) in [5.41, 5.74) is 1.77. The maximum Gasteiger partial charge on any atom is 0.271 e. The number of aliphatic hydroxyl groups is 1. The summed E-state index contributed by atoms with van der Waals surface area (Å²) in [5.74, 6) is -0.612. The zero-order valence-electron chi connectivity index (χ0n) is 12.0. The van der Waals surface area contributed by atoms with Gasteiger partial charge in [-0.25, -0.2) is 9.07 Å². The van der Waals surface area contributed by atoms with Crippen molar-refractivity contribution < 1.29 is 14.3 Å². The van der Waals surface area contributed by atoms with Crippen LogP contribution in [0.1, 0.15) is 29.5 Å². The molecule has 0 radical (unpaired) electrons. The second-order valence-corrected chi connectivity index (χ2v) is 4.95. The molecule has 5 nitrogen and oxygen atoms in total. The second-order valence-electron chi connectivity index (χ2n) is 4.95. The Bertz CT molecular complexity index is 620. The molecule has 0 aliphatic rings. The molecular weight excluding hydrogens is 273 g/mol. The zero-order chi connectivity index (χ0) is 15.4. The fourth-order valence-corrected chi connectivity index (χ4v) is 1.91. The van der Waals surface area contributed by atoms with Gasteiger partial charge >= 0.3 is 0 Å². The van der Waals surface area contributed by atoms with Crippen LogP contribution < -0.4 is 5.32 Å². The van der Waals surface area contributed by atoms with Gasteiger partial charge in [0.1, 0.15) is 5.82 Å². The van der Waals surface area contributed by atoms with Gasteiger partial charge < -0.3 is 10.4 Å². The van der Waals surface area contributed by atoms with Crippen molar-refractivity contribution in [1.29, 1.82) is 0 Å². The number of benzene rings is 1. The van der Waals surface area contributed by atoms with Crippen LogP contribution in [0.2, 0.25) is 0 Å². The van der Waals surface area contributed by atoms with Crippen LogP contribution in [0.25, 0.3) is 5.69 Å². The van der Waals surface area contributed by atoms with Crippen LogP contribution >= 0.6 is 0 Å². The summed E-state index contributed by atoms with van der Waals surface area (Å²) >= 11 is 0. The molecule has 0 bridgehead atoms. The van der Waals surface area contributed by atoms with Gasteiger partial charge in [-0.1, -0.05) is 0 Å². The number of hydrogen-bond donors (Lipinski definition) is 2. The second kappa shape index (κ2) is 6.49. The highest BCUT2D eigenvalue weighted by atomic mass is 19.1. The van der Waals surface area contributed by atoms with Gasteiger partial charge in [0.05, 0.1) is 11.8 Å². The Morgan fingerprint density at radius 1 is 1.43 bits per heavy atom. The minimum atomic E-state index is -0.455. The Morgan fingerprint density at radius 2 is 2.10 bits per heavy atom. The number of carbonyl (C=O) groups is 1. The van der Waals surface area contributed by atoms with Crippen LogP contribution in [-0.4, -0.2) is 33.4 Å². The molecule has 2 N–H and O–H groups in total. The number of rotatable bonds is 5. The molecular formula is C15H18FN3O2. The van der Waals surface area contributed by atoms with E-state index < -0.39 is 6.10 Å². The lowest BCUT2D eigenvalue weighted by Gasteiger charge is -2.05. The number of hydrogen-bond acceptors (Lipinski definition) is 3. The van der Waals surface area contributed by atoms with Gasteiger partial charge in [-0.3, -0.25) is 4.79 Å². The number of nitrogens with zero attached hydrogens (tertiary/aromatic N) is 2. The molecule has 0 fully saturated rings. The van der Waals surface area contributed by atoms with Crippen LogP contribution in [0.15, 0.2) is 30.3 Å². The van der Waals surface area contributed by atoms with E-state index in [0.29, 0.717) is 24.3 Å². The van der Waals surface area contributed by atoms with Gasteiger partial charge in [-0.15, -0.1) is 0 Å². The number of nitrogens with one attached hydrogen (secondary N) is 1. The quantitative estimate of drug-likeness (QED) is 0.883. The molecule has 2 rings (SSSR count). The Morgan fingerprint density at radius 3 is 2.71 bits per heavy atom. The fourth-order valence-electron chi connectivity index (χ4n) is 1.91. The number of amides is 1. The summed E-state index contributed by atoms with van der Waals surface area (Å²) in [6.07, 6.45) is 0.0347. The van der Waals surface area contributed by atoms with Crippen LogP contribution in [0.3, 0.4) is 0 Å². The van der Waals surface area contributed by atoms with Crippen molar-refractivity contribution in [1.82, 2.24) is 15.1 Å². The van der Waals surface area contributed by atoms with E-state index in [1.165, 1.54) is 12.1 Å². The van der Waals surface area contributed by atoms with Gasteiger partial charge in [0.15, 0.2) is 5.69 Å². The van der Waals surface area contributed by atoms with Gasteiger partial charge in [-0.05, 0) is 50.6 Å². The highest BCUT2D eigenvalue weighted by Crippen LogP contribution is 2.13. The van der Waals surface area contributed by atoms with E-state index in [1.807, 2.05) is 6.92 Å². The van der Waals surface area contributed by atoms with Crippen LogP contribution in [0.5, 0.6) is 0 Å². The van der Waals surface area contributed by atoms with Crippen molar-refractivity contribution in [3.8, 4) is 5.69 Å². The average Bonchev–Trinajstić information content (AvgIpc) is 2.81. The molecule has 1 unspecified atom stereocenters. The monoisotopic (exact) mass is 291 g/mol. The van der Waals surface area contributed by atoms with E-state index in [0.717, 1.165) is 5.69 Å². The first-order chi connectivity index (χ1) is 9.97.